The molecular weight excluding hydrogens is 533 g/mol. The molecule has 1 aromatic heterocycles. The number of benzene rings is 3. The lowest BCUT2D eigenvalue weighted by molar-refractivity contribution is -0.117. The number of fused-ring (bicyclic) bond motifs is 1. The third-order valence-electron chi connectivity index (χ3n) is 7.74. The first-order valence-corrected chi connectivity index (χ1v) is 13.9. The number of amidine groups is 1. The molecule has 0 unspecified atom stereocenters. The van der Waals surface area contributed by atoms with Gasteiger partial charge in [0, 0.05) is 30.9 Å². The summed E-state index contributed by atoms with van der Waals surface area (Å²) in [4.78, 5) is 27.7. The second kappa shape index (κ2) is 11.2. The molecule has 0 N–H and O–H groups in total. The highest BCUT2D eigenvalue weighted by molar-refractivity contribution is 6.03. The lowest BCUT2D eigenvalue weighted by Gasteiger charge is -2.42. The van der Waals surface area contributed by atoms with Gasteiger partial charge >= 0.3 is 0 Å². The summed E-state index contributed by atoms with van der Waals surface area (Å²) in [6, 6.07) is 21.4. The van der Waals surface area contributed by atoms with Crippen LogP contribution in [-0.2, 0) is 10.6 Å². The Morgan fingerprint density at radius 2 is 1.93 bits per heavy atom. The molecule has 1 atom stereocenters. The van der Waals surface area contributed by atoms with Gasteiger partial charge in [-0.15, -0.1) is 0 Å². The van der Waals surface area contributed by atoms with Gasteiger partial charge in [-0.3, -0.25) is 4.79 Å². The fraction of sp³-hybridized carbons (Fsp3) is 0.242. The van der Waals surface area contributed by atoms with Crippen LogP contribution < -0.4 is 4.74 Å². The van der Waals surface area contributed by atoms with E-state index >= 15 is 0 Å². The third-order valence-corrected chi connectivity index (χ3v) is 7.74. The van der Waals surface area contributed by atoms with Crippen molar-refractivity contribution in [1.29, 1.82) is 0 Å². The molecule has 0 aliphatic carbocycles. The largest absolute Gasteiger partial charge is 0.495 e. The average molecular weight is 566 g/mol. The first-order valence-electron chi connectivity index (χ1n) is 13.9. The maximum absolute atomic E-state index is 14.0. The number of methoxy groups -OCH3 is 1. The lowest BCUT2D eigenvalue weighted by atomic mass is 9.93. The van der Waals surface area contributed by atoms with Crippen LogP contribution in [0.15, 0.2) is 96.0 Å². The van der Waals surface area contributed by atoms with Crippen molar-refractivity contribution in [2.45, 2.75) is 25.5 Å². The van der Waals surface area contributed by atoms with Gasteiger partial charge in [0.15, 0.2) is 5.84 Å². The van der Waals surface area contributed by atoms with Crippen molar-refractivity contribution in [3.63, 3.8) is 0 Å². The number of piperidine rings is 1. The molecular formula is C33H32FN5O3. The Balaban J connectivity index is 1.33. The summed E-state index contributed by atoms with van der Waals surface area (Å²) < 4.78 is 21.6. The van der Waals surface area contributed by atoms with Crippen LogP contribution in [0.4, 0.5) is 4.39 Å². The molecule has 2 aliphatic heterocycles. The molecule has 214 valence electrons. The van der Waals surface area contributed by atoms with Gasteiger partial charge in [-0.25, -0.2) is 9.37 Å². The van der Waals surface area contributed by atoms with E-state index in [9.17, 15) is 9.18 Å². The van der Waals surface area contributed by atoms with Crippen LogP contribution in [0.3, 0.4) is 0 Å². The number of aryl methyl sites for hydroxylation is 1. The minimum absolute atomic E-state index is 0.137. The van der Waals surface area contributed by atoms with Crippen LogP contribution in [0, 0.1) is 12.7 Å². The number of likely N-dealkylation sites (N-methyl/N-ethyl adjacent to an activating group) is 1. The summed E-state index contributed by atoms with van der Waals surface area (Å²) in [6.45, 7) is 2.81. The van der Waals surface area contributed by atoms with E-state index in [4.69, 9.17) is 9.57 Å². The molecule has 2 aliphatic rings. The van der Waals surface area contributed by atoms with Crippen LogP contribution in [-0.4, -0.2) is 58.3 Å². The zero-order chi connectivity index (χ0) is 29.3. The summed E-state index contributed by atoms with van der Waals surface area (Å²) >= 11 is 0. The molecule has 4 aromatic rings. The maximum atomic E-state index is 14.0. The second-order valence-corrected chi connectivity index (χ2v) is 10.6. The summed E-state index contributed by atoms with van der Waals surface area (Å²) in [7, 11) is 3.40. The maximum Gasteiger partial charge on any atom is 0.254 e. The van der Waals surface area contributed by atoms with E-state index in [2.05, 4.69) is 21.1 Å². The first kappa shape index (κ1) is 27.3. The fourth-order valence-corrected chi connectivity index (χ4v) is 5.65. The molecule has 0 bridgehead atoms. The number of amides is 1. The quantitative estimate of drug-likeness (QED) is 0.284. The van der Waals surface area contributed by atoms with E-state index in [1.807, 2.05) is 54.1 Å². The van der Waals surface area contributed by atoms with Crippen LogP contribution in [0.2, 0.25) is 0 Å². The monoisotopic (exact) mass is 565 g/mol. The Morgan fingerprint density at radius 3 is 2.64 bits per heavy atom. The van der Waals surface area contributed by atoms with E-state index in [1.54, 1.807) is 49.7 Å². The van der Waals surface area contributed by atoms with Crippen LogP contribution >= 0.6 is 0 Å². The summed E-state index contributed by atoms with van der Waals surface area (Å²) in [5.41, 5.74) is 3.98. The van der Waals surface area contributed by atoms with E-state index in [0.29, 0.717) is 17.9 Å². The van der Waals surface area contributed by atoms with Gasteiger partial charge in [-0.1, -0.05) is 29.4 Å². The summed E-state index contributed by atoms with van der Waals surface area (Å²) in [5.74, 6) is 0.951. The number of ether oxygens (including phenoxy) is 1. The molecule has 8 nitrogen and oxygen atoms in total. The standard InChI is InChI=1S/C33H32FN5O3/c1-23-20-38(22-35-23)29-16-11-24(19-30(29)41-3)18-26-10-7-17-39-31(26)36-42-33(39,27-12-14-28(34)15-13-27)21-37(2)32(40)25-8-5-4-6-9-25/h4-6,8-9,11-16,18-20,22H,7,10,17,21H2,1-3H3/b26-18+/t33-/m1/s1. The molecule has 1 fully saturated rings. The zero-order valence-corrected chi connectivity index (χ0v) is 23.8. The molecule has 0 saturated carbocycles. The van der Waals surface area contributed by atoms with Crippen LogP contribution in [0.5, 0.6) is 5.75 Å². The number of halogens is 1. The smallest absolute Gasteiger partial charge is 0.254 e. The van der Waals surface area contributed by atoms with Crippen molar-refractivity contribution < 1.29 is 18.8 Å². The zero-order valence-electron chi connectivity index (χ0n) is 23.8. The highest BCUT2D eigenvalue weighted by atomic mass is 19.1. The molecule has 3 heterocycles. The van der Waals surface area contributed by atoms with Crippen molar-refractivity contribution in [3.8, 4) is 11.4 Å². The number of oxime groups is 1. The van der Waals surface area contributed by atoms with Crippen molar-refractivity contribution in [2.75, 3.05) is 27.2 Å². The number of imidazole rings is 1. The van der Waals surface area contributed by atoms with E-state index in [1.165, 1.54) is 12.1 Å². The molecule has 3 aromatic carbocycles. The van der Waals surface area contributed by atoms with Crippen molar-refractivity contribution in [3.05, 3.63) is 119 Å². The predicted molar refractivity (Wildman–Crippen MR) is 159 cm³/mol. The number of rotatable bonds is 7. The number of carbonyl (C=O) groups is 1. The Kier molecular flexibility index (Phi) is 7.24. The van der Waals surface area contributed by atoms with Gasteiger partial charge in [-0.05, 0) is 85.5 Å². The summed E-state index contributed by atoms with van der Waals surface area (Å²) in [6.07, 6.45) is 7.48. The van der Waals surface area contributed by atoms with Gasteiger partial charge < -0.3 is 23.9 Å². The fourth-order valence-electron chi connectivity index (χ4n) is 5.65. The third kappa shape index (κ3) is 5.02. The average Bonchev–Trinajstić information content (AvgIpc) is 3.62. The van der Waals surface area contributed by atoms with Gasteiger partial charge in [0.2, 0.25) is 0 Å². The Labute approximate surface area is 244 Å². The van der Waals surface area contributed by atoms with Crippen molar-refractivity contribution in [1.82, 2.24) is 19.4 Å². The molecule has 0 spiro atoms. The molecule has 9 heteroatoms. The second-order valence-electron chi connectivity index (χ2n) is 10.6. The van der Waals surface area contributed by atoms with E-state index in [0.717, 1.165) is 46.7 Å². The molecule has 1 amide bonds. The first-order chi connectivity index (χ1) is 20.4. The Hall–Kier alpha value is -4.92. The van der Waals surface area contributed by atoms with Crippen molar-refractivity contribution in [2.24, 2.45) is 5.16 Å². The minimum atomic E-state index is -1.11. The predicted octanol–water partition coefficient (Wildman–Crippen LogP) is 5.78. The van der Waals surface area contributed by atoms with Crippen LogP contribution in [0.25, 0.3) is 11.8 Å². The minimum Gasteiger partial charge on any atom is -0.495 e. The van der Waals surface area contributed by atoms with Gasteiger partial charge in [0.25, 0.3) is 11.6 Å². The van der Waals surface area contributed by atoms with E-state index < -0.39 is 5.72 Å². The van der Waals surface area contributed by atoms with Gasteiger partial charge in [0.05, 0.1) is 31.4 Å². The molecule has 6 rings (SSSR count). The van der Waals surface area contributed by atoms with E-state index in [-0.39, 0.29) is 18.3 Å². The Morgan fingerprint density at radius 1 is 1.14 bits per heavy atom. The van der Waals surface area contributed by atoms with Gasteiger partial charge in [0.1, 0.15) is 11.6 Å². The number of aromatic nitrogens is 2. The highest BCUT2D eigenvalue weighted by Crippen LogP contribution is 2.41. The molecule has 0 radical (unpaired) electrons. The van der Waals surface area contributed by atoms with Crippen LogP contribution in [0.1, 0.15) is 40.0 Å². The number of nitrogens with zero attached hydrogens (tertiary/aromatic N) is 5. The molecule has 1 saturated heterocycles. The SMILES string of the molecule is COc1cc(/C=C2\CCCN3C2=NO[C@]3(CN(C)C(=O)c2ccccc2)c2ccc(F)cc2)ccc1-n1cnc(C)c1. The number of hydrogen-bond acceptors (Lipinski definition) is 6. The summed E-state index contributed by atoms with van der Waals surface area (Å²) in [5, 5.41) is 4.58. The normalized spacial score (nSPS) is 18.8. The lowest BCUT2D eigenvalue weighted by Crippen LogP contribution is -2.55. The Bertz CT molecular complexity index is 1660. The van der Waals surface area contributed by atoms with Crippen molar-refractivity contribution >= 4 is 17.8 Å². The number of carbonyl (C=O) groups excluding carboxylic acids is 1. The number of hydrogen-bond donors (Lipinski definition) is 0. The highest BCUT2D eigenvalue weighted by Gasteiger charge is 2.51. The molecule has 42 heavy (non-hydrogen) atoms. The topological polar surface area (TPSA) is 72.2 Å². The van der Waals surface area contributed by atoms with Gasteiger partial charge in [-0.2, -0.15) is 0 Å².